The fourth-order valence-corrected chi connectivity index (χ4v) is 2.66. The molecule has 2 atom stereocenters. The Balaban J connectivity index is 2.33. The van der Waals surface area contributed by atoms with Gasteiger partial charge in [-0.25, -0.2) is 0 Å². The summed E-state index contributed by atoms with van der Waals surface area (Å²) >= 11 is 1.90. The topological polar surface area (TPSA) is 12.0 Å². The van der Waals surface area contributed by atoms with E-state index >= 15 is 0 Å². The molecule has 1 rings (SSSR count). The van der Waals surface area contributed by atoms with Crippen LogP contribution in [0.5, 0.6) is 0 Å². The third-order valence-corrected chi connectivity index (χ3v) is 3.93. The standard InChI is InChI=1S/C13H23NS/c1-5-6-10(2)9-14-12(4)13-8-7-11(3)15-13/h7-8,10,12,14H,5-6,9H2,1-4H3. The van der Waals surface area contributed by atoms with Crippen molar-refractivity contribution in [3.63, 3.8) is 0 Å². The summed E-state index contributed by atoms with van der Waals surface area (Å²) in [6, 6.07) is 4.94. The zero-order valence-corrected chi connectivity index (χ0v) is 11.2. The van der Waals surface area contributed by atoms with Crippen LogP contribution in [0.25, 0.3) is 0 Å². The van der Waals surface area contributed by atoms with Gasteiger partial charge < -0.3 is 5.32 Å². The predicted octanol–water partition coefficient (Wildman–Crippen LogP) is 4.14. The Kier molecular flexibility index (Phi) is 5.34. The third kappa shape index (κ3) is 4.35. The van der Waals surface area contributed by atoms with Crippen LogP contribution in [0.2, 0.25) is 0 Å². The Morgan fingerprint density at radius 1 is 1.33 bits per heavy atom. The Bertz CT molecular complexity index is 280. The van der Waals surface area contributed by atoms with Gasteiger partial charge in [-0.2, -0.15) is 0 Å². The van der Waals surface area contributed by atoms with Gasteiger partial charge in [0.1, 0.15) is 0 Å². The van der Waals surface area contributed by atoms with Crippen molar-refractivity contribution >= 4 is 11.3 Å². The van der Waals surface area contributed by atoms with E-state index in [1.807, 2.05) is 11.3 Å². The molecule has 0 saturated heterocycles. The lowest BCUT2D eigenvalue weighted by atomic mass is 10.1. The lowest BCUT2D eigenvalue weighted by Gasteiger charge is -2.16. The fourth-order valence-electron chi connectivity index (χ4n) is 1.76. The first-order valence-corrected chi connectivity index (χ1v) is 6.74. The molecule has 0 fully saturated rings. The van der Waals surface area contributed by atoms with E-state index in [1.54, 1.807) is 0 Å². The summed E-state index contributed by atoms with van der Waals surface area (Å²) in [6.45, 7) is 10.1. The van der Waals surface area contributed by atoms with Crippen molar-refractivity contribution < 1.29 is 0 Å². The Morgan fingerprint density at radius 2 is 2.07 bits per heavy atom. The molecule has 2 heteroatoms. The van der Waals surface area contributed by atoms with Crippen LogP contribution in [0.1, 0.15) is 49.4 Å². The average Bonchev–Trinajstić information content (AvgIpc) is 2.62. The lowest BCUT2D eigenvalue weighted by molar-refractivity contribution is 0.446. The summed E-state index contributed by atoms with van der Waals surface area (Å²) in [7, 11) is 0. The smallest absolute Gasteiger partial charge is 0.0386 e. The van der Waals surface area contributed by atoms with Crippen molar-refractivity contribution in [3.05, 3.63) is 21.9 Å². The van der Waals surface area contributed by atoms with E-state index in [2.05, 4.69) is 45.1 Å². The summed E-state index contributed by atoms with van der Waals surface area (Å²) in [6.07, 6.45) is 2.61. The van der Waals surface area contributed by atoms with Gasteiger partial charge in [0, 0.05) is 15.8 Å². The highest BCUT2D eigenvalue weighted by Crippen LogP contribution is 2.22. The molecule has 2 unspecified atom stereocenters. The molecule has 0 aliphatic carbocycles. The molecule has 1 aromatic heterocycles. The molecule has 0 aliphatic rings. The van der Waals surface area contributed by atoms with Crippen LogP contribution < -0.4 is 5.32 Å². The predicted molar refractivity (Wildman–Crippen MR) is 69.5 cm³/mol. The van der Waals surface area contributed by atoms with E-state index in [-0.39, 0.29) is 0 Å². The van der Waals surface area contributed by atoms with Crippen molar-refractivity contribution in [2.24, 2.45) is 5.92 Å². The molecule has 15 heavy (non-hydrogen) atoms. The molecule has 1 N–H and O–H groups in total. The van der Waals surface area contributed by atoms with Crippen LogP contribution in [0.3, 0.4) is 0 Å². The summed E-state index contributed by atoms with van der Waals surface area (Å²) in [4.78, 5) is 2.86. The maximum atomic E-state index is 3.61. The highest BCUT2D eigenvalue weighted by molar-refractivity contribution is 7.12. The Hall–Kier alpha value is -0.340. The second-order valence-electron chi connectivity index (χ2n) is 4.47. The molecule has 0 aliphatic heterocycles. The van der Waals surface area contributed by atoms with Gasteiger partial charge in [0.05, 0.1) is 0 Å². The number of rotatable bonds is 6. The van der Waals surface area contributed by atoms with E-state index in [0.717, 1.165) is 12.5 Å². The fraction of sp³-hybridized carbons (Fsp3) is 0.692. The van der Waals surface area contributed by atoms with Crippen LogP contribution in [0, 0.1) is 12.8 Å². The highest BCUT2D eigenvalue weighted by atomic mass is 32.1. The molecule has 0 aromatic carbocycles. The molecule has 0 bridgehead atoms. The minimum Gasteiger partial charge on any atom is -0.309 e. The SMILES string of the molecule is CCCC(C)CNC(C)c1ccc(C)s1. The minimum atomic E-state index is 0.503. The van der Waals surface area contributed by atoms with E-state index in [1.165, 1.54) is 22.6 Å². The molecule has 86 valence electrons. The first-order valence-electron chi connectivity index (χ1n) is 5.93. The molecular formula is C13H23NS. The van der Waals surface area contributed by atoms with Gasteiger partial charge in [0.2, 0.25) is 0 Å². The number of thiophene rings is 1. The maximum Gasteiger partial charge on any atom is 0.0386 e. The van der Waals surface area contributed by atoms with Crippen molar-refractivity contribution in [2.45, 2.75) is 46.6 Å². The van der Waals surface area contributed by atoms with Gasteiger partial charge in [-0.1, -0.05) is 20.3 Å². The molecule has 0 radical (unpaired) electrons. The zero-order chi connectivity index (χ0) is 11.3. The summed E-state index contributed by atoms with van der Waals surface area (Å²) < 4.78 is 0. The monoisotopic (exact) mass is 225 g/mol. The van der Waals surface area contributed by atoms with Gasteiger partial charge in [-0.15, -0.1) is 11.3 Å². The molecule has 1 aromatic rings. The number of nitrogens with one attached hydrogen (secondary N) is 1. The zero-order valence-electron chi connectivity index (χ0n) is 10.3. The van der Waals surface area contributed by atoms with Gasteiger partial charge >= 0.3 is 0 Å². The lowest BCUT2D eigenvalue weighted by Crippen LogP contribution is -2.23. The van der Waals surface area contributed by atoms with Crippen LogP contribution >= 0.6 is 11.3 Å². The normalized spacial score (nSPS) is 15.2. The summed E-state index contributed by atoms with van der Waals surface area (Å²) in [5.74, 6) is 0.790. The Morgan fingerprint density at radius 3 is 2.60 bits per heavy atom. The van der Waals surface area contributed by atoms with Gasteiger partial charge in [-0.05, 0) is 44.9 Å². The third-order valence-electron chi connectivity index (χ3n) is 2.74. The highest BCUT2D eigenvalue weighted by Gasteiger charge is 2.08. The van der Waals surface area contributed by atoms with Crippen LogP contribution in [-0.2, 0) is 0 Å². The molecule has 1 heterocycles. The quantitative estimate of drug-likeness (QED) is 0.767. The first-order chi connectivity index (χ1) is 7.13. The van der Waals surface area contributed by atoms with E-state index < -0.39 is 0 Å². The average molecular weight is 225 g/mol. The molecule has 1 nitrogen and oxygen atoms in total. The molecule has 0 saturated carbocycles. The summed E-state index contributed by atoms with van der Waals surface area (Å²) in [5, 5.41) is 3.61. The van der Waals surface area contributed by atoms with Gasteiger partial charge in [-0.3, -0.25) is 0 Å². The Labute approximate surface area is 97.9 Å². The van der Waals surface area contributed by atoms with Gasteiger partial charge in [0.15, 0.2) is 0 Å². The largest absolute Gasteiger partial charge is 0.309 e. The van der Waals surface area contributed by atoms with E-state index in [9.17, 15) is 0 Å². The van der Waals surface area contributed by atoms with Crippen molar-refractivity contribution in [3.8, 4) is 0 Å². The van der Waals surface area contributed by atoms with E-state index in [0.29, 0.717) is 6.04 Å². The van der Waals surface area contributed by atoms with Crippen molar-refractivity contribution in [1.29, 1.82) is 0 Å². The van der Waals surface area contributed by atoms with E-state index in [4.69, 9.17) is 0 Å². The molecule has 0 spiro atoms. The maximum absolute atomic E-state index is 3.61. The van der Waals surface area contributed by atoms with Crippen LogP contribution in [0.15, 0.2) is 12.1 Å². The number of aryl methyl sites for hydroxylation is 1. The van der Waals surface area contributed by atoms with Crippen molar-refractivity contribution in [2.75, 3.05) is 6.54 Å². The minimum absolute atomic E-state index is 0.503. The van der Waals surface area contributed by atoms with Crippen molar-refractivity contribution in [1.82, 2.24) is 5.32 Å². The number of hydrogen-bond acceptors (Lipinski definition) is 2. The van der Waals surface area contributed by atoms with Crippen LogP contribution in [-0.4, -0.2) is 6.54 Å². The van der Waals surface area contributed by atoms with Crippen LogP contribution in [0.4, 0.5) is 0 Å². The van der Waals surface area contributed by atoms with Gasteiger partial charge in [0.25, 0.3) is 0 Å². The number of hydrogen-bond donors (Lipinski definition) is 1. The second-order valence-corrected chi connectivity index (χ2v) is 5.79. The summed E-state index contributed by atoms with van der Waals surface area (Å²) in [5.41, 5.74) is 0. The first kappa shape index (κ1) is 12.7. The molecule has 0 amide bonds. The second kappa shape index (κ2) is 6.29. The molecular weight excluding hydrogens is 202 g/mol.